The Labute approximate surface area is 270 Å². The van der Waals surface area contributed by atoms with Gasteiger partial charge in [0.25, 0.3) is 0 Å². The topological polar surface area (TPSA) is 119 Å². The number of carbonyl (C=O) groups is 1. The van der Waals surface area contributed by atoms with E-state index in [-0.39, 0.29) is 23.9 Å². The number of carbonyl (C=O) groups excluding carboxylic acids is 1. The normalized spacial score (nSPS) is 19.2. The van der Waals surface area contributed by atoms with Gasteiger partial charge in [-0.2, -0.15) is 0 Å². The van der Waals surface area contributed by atoms with E-state index in [1.54, 1.807) is 18.5 Å². The highest BCUT2D eigenvalue weighted by molar-refractivity contribution is 6.04. The van der Waals surface area contributed by atoms with Gasteiger partial charge in [-0.05, 0) is 66.5 Å². The zero-order valence-electron chi connectivity index (χ0n) is 26.2. The molecular formula is C35H38BN9O. The van der Waals surface area contributed by atoms with Crippen molar-refractivity contribution >= 4 is 19.8 Å². The van der Waals surface area contributed by atoms with Crippen molar-refractivity contribution in [2.45, 2.75) is 57.7 Å². The molecule has 2 aliphatic heterocycles. The number of hydrogen-bond donors (Lipinski definition) is 3. The van der Waals surface area contributed by atoms with Crippen LogP contribution in [0.25, 0.3) is 33.6 Å². The maximum Gasteiger partial charge on any atom is 0.246 e. The van der Waals surface area contributed by atoms with Crippen molar-refractivity contribution < 1.29 is 4.79 Å². The van der Waals surface area contributed by atoms with Crippen LogP contribution in [0, 0.1) is 5.92 Å². The van der Waals surface area contributed by atoms with Crippen molar-refractivity contribution in [2.75, 3.05) is 18.4 Å². The third-order valence-electron chi connectivity index (χ3n) is 9.16. The molecule has 11 heteroatoms. The number of amides is 1. The summed E-state index contributed by atoms with van der Waals surface area (Å²) >= 11 is 0. The number of H-pyrrole nitrogens is 2. The summed E-state index contributed by atoms with van der Waals surface area (Å²) < 4.78 is 0. The number of benzene rings is 2. The summed E-state index contributed by atoms with van der Waals surface area (Å²) in [7, 11) is 6.13. The summed E-state index contributed by atoms with van der Waals surface area (Å²) in [6.07, 6.45) is 11.0. The molecule has 2 aliphatic rings. The van der Waals surface area contributed by atoms with Crippen LogP contribution in [-0.2, 0) is 4.79 Å². The van der Waals surface area contributed by atoms with Gasteiger partial charge in [0.15, 0.2) is 7.98 Å². The summed E-state index contributed by atoms with van der Waals surface area (Å²) in [4.78, 5) is 42.4. The second-order valence-corrected chi connectivity index (χ2v) is 12.5. The van der Waals surface area contributed by atoms with E-state index >= 15 is 0 Å². The van der Waals surface area contributed by atoms with Gasteiger partial charge < -0.3 is 25.0 Å². The maximum atomic E-state index is 13.7. The van der Waals surface area contributed by atoms with Crippen LogP contribution in [0.1, 0.15) is 63.3 Å². The van der Waals surface area contributed by atoms with E-state index in [2.05, 4.69) is 78.8 Å². The largest absolute Gasteiger partial charge is 0.345 e. The van der Waals surface area contributed by atoms with E-state index < -0.39 is 6.04 Å². The van der Waals surface area contributed by atoms with E-state index in [0.717, 1.165) is 77.5 Å². The fourth-order valence-electron chi connectivity index (χ4n) is 6.59. The zero-order chi connectivity index (χ0) is 31.6. The highest BCUT2D eigenvalue weighted by atomic mass is 16.2. The zero-order valence-corrected chi connectivity index (χ0v) is 26.2. The Balaban J connectivity index is 1.02. The lowest BCUT2D eigenvalue weighted by atomic mass is 10.0. The minimum atomic E-state index is -0.426. The van der Waals surface area contributed by atoms with Gasteiger partial charge in [-0.15, -0.1) is 0 Å². The number of likely N-dealkylation sites (tertiary alicyclic amines) is 1. The van der Waals surface area contributed by atoms with Crippen LogP contribution in [0.4, 0.5) is 5.95 Å². The van der Waals surface area contributed by atoms with Gasteiger partial charge in [0.1, 0.15) is 17.7 Å². The third-order valence-corrected chi connectivity index (χ3v) is 9.16. The van der Waals surface area contributed by atoms with Crippen LogP contribution in [0.5, 0.6) is 0 Å². The Hall–Kier alpha value is -4.77. The Morgan fingerprint density at radius 2 is 1.30 bits per heavy atom. The first-order valence-corrected chi connectivity index (χ1v) is 16.1. The van der Waals surface area contributed by atoms with Gasteiger partial charge in [-0.3, -0.25) is 4.79 Å². The Morgan fingerprint density at radius 3 is 1.85 bits per heavy atom. The van der Waals surface area contributed by atoms with Crippen LogP contribution in [0.15, 0.2) is 79.4 Å². The number of aromatic nitrogens is 6. The highest BCUT2D eigenvalue weighted by Crippen LogP contribution is 2.34. The molecule has 2 saturated heterocycles. The molecule has 0 saturated carbocycles. The SMILES string of the molecule is [B]N1CCC[C@H]1c1ncc(-c2ccc(-c3ccc(-c4cnc([C@@H]5CCCN5C(=O)[C@H](Nc5ncccn5)C(C)C)[nH]4)cc3)cc2)[nH]1. The molecule has 2 fully saturated rings. The molecule has 3 N–H and O–H groups in total. The average Bonchev–Trinajstić information content (AvgIpc) is 3.91. The molecule has 5 aromatic rings. The van der Waals surface area contributed by atoms with E-state index in [4.69, 9.17) is 13.0 Å². The lowest BCUT2D eigenvalue weighted by Gasteiger charge is -2.30. The smallest absolute Gasteiger partial charge is 0.246 e. The molecule has 0 bridgehead atoms. The van der Waals surface area contributed by atoms with Crippen molar-refractivity contribution in [3.05, 3.63) is 91.0 Å². The molecule has 2 aromatic carbocycles. The van der Waals surface area contributed by atoms with Crippen molar-refractivity contribution in [1.82, 2.24) is 39.6 Å². The number of nitrogens with one attached hydrogen (secondary N) is 3. The maximum absolute atomic E-state index is 13.7. The molecule has 0 unspecified atom stereocenters. The minimum absolute atomic E-state index is 0.0438. The van der Waals surface area contributed by atoms with E-state index in [1.807, 2.05) is 36.0 Å². The molecule has 3 atom stereocenters. The van der Waals surface area contributed by atoms with Crippen molar-refractivity contribution in [3.63, 3.8) is 0 Å². The fraction of sp³-hybridized carbons (Fsp3) is 0.343. The van der Waals surface area contributed by atoms with Gasteiger partial charge in [-0.25, -0.2) is 19.9 Å². The van der Waals surface area contributed by atoms with Gasteiger partial charge in [0, 0.05) is 18.9 Å². The van der Waals surface area contributed by atoms with Crippen molar-refractivity contribution in [2.24, 2.45) is 5.92 Å². The molecule has 46 heavy (non-hydrogen) atoms. The van der Waals surface area contributed by atoms with Gasteiger partial charge in [0.05, 0.1) is 35.9 Å². The summed E-state index contributed by atoms with van der Waals surface area (Å²) in [6.45, 7) is 5.67. The average molecular weight is 612 g/mol. The second-order valence-electron chi connectivity index (χ2n) is 12.5. The fourth-order valence-corrected chi connectivity index (χ4v) is 6.59. The Morgan fingerprint density at radius 1 is 0.783 bits per heavy atom. The first kappa shape index (κ1) is 29.9. The highest BCUT2D eigenvalue weighted by Gasteiger charge is 2.37. The molecule has 10 nitrogen and oxygen atoms in total. The van der Waals surface area contributed by atoms with Gasteiger partial charge in [0.2, 0.25) is 11.9 Å². The molecule has 0 spiro atoms. The van der Waals surface area contributed by atoms with E-state index in [1.165, 1.54) is 0 Å². The standard InChI is InChI=1S/C35H38BN9O/c1-22(2)31(43-35-37-16-5-17-38-35)34(46)44-18-3-6-29(44)32-39-20-27(41-32)25-12-8-23(9-13-25)24-10-14-26(15-11-24)28-21-40-33(42-28)30-7-4-19-45(30)36/h5,8-17,20-22,29-31H,3-4,6-7,18-19H2,1-2H3,(H,39,41)(H,40,42)(H,37,38,43)/t29-,30-,31+/m0/s1. The Kier molecular flexibility index (Phi) is 8.40. The third kappa shape index (κ3) is 6.07. The van der Waals surface area contributed by atoms with Crippen LogP contribution in [0.3, 0.4) is 0 Å². The lowest BCUT2D eigenvalue weighted by Crippen LogP contribution is -2.45. The first-order chi connectivity index (χ1) is 22.4. The quantitative estimate of drug-likeness (QED) is 0.177. The van der Waals surface area contributed by atoms with Crippen molar-refractivity contribution in [1.29, 1.82) is 0 Å². The van der Waals surface area contributed by atoms with Crippen LogP contribution >= 0.6 is 0 Å². The van der Waals surface area contributed by atoms with E-state index in [9.17, 15) is 4.79 Å². The summed E-state index contributed by atoms with van der Waals surface area (Å²) in [5.41, 5.74) is 6.33. The molecule has 5 heterocycles. The molecule has 3 aromatic heterocycles. The summed E-state index contributed by atoms with van der Waals surface area (Å²) in [5.74, 6) is 2.31. The minimum Gasteiger partial charge on any atom is -0.345 e. The number of aromatic amines is 2. The van der Waals surface area contributed by atoms with Crippen LogP contribution in [-0.4, -0.2) is 72.6 Å². The van der Waals surface area contributed by atoms with Crippen LogP contribution in [0.2, 0.25) is 0 Å². The summed E-state index contributed by atoms with van der Waals surface area (Å²) in [5, 5.41) is 3.25. The molecule has 2 radical (unpaired) electrons. The number of hydrogen-bond acceptors (Lipinski definition) is 7. The molecule has 1 amide bonds. The predicted molar refractivity (Wildman–Crippen MR) is 179 cm³/mol. The second kappa shape index (κ2) is 12.9. The summed E-state index contributed by atoms with van der Waals surface area (Å²) in [6, 6.07) is 18.4. The predicted octanol–water partition coefficient (Wildman–Crippen LogP) is 5.94. The number of nitrogens with zero attached hydrogens (tertiary/aromatic N) is 6. The molecule has 232 valence electrons. The monoisotopic (exact) mass is 611 g/mol. The van der Waals surface area contributed by atoms with Gasteiger partial charge >= 0.3 is 0 Å². The van der Waals surface area contributed by atoms with Crippen LogP contribution < -0.4 is 5.32 Å². The van der Waals surface area contributed by atoms with Crippen molar-refractivity contribution in [3.8, 4) is 33.6 Å². The molecule has 7 rings (SSSR count). The Bertz CT molecular complexity index is 1770. The number of anilines is 1. The number of rotatable bonds is 9. The lowest BCUT2D eigenvalue weighted by molar-refractivity contribution is -0.134. The molecule has 0 aliphatic carbocycles. The molecular weight excluding hydrogens is 573 g/mol. The first-order valence-electron chi connectivity index (χ1n) is 16.1. The number of imidazole rings is 2. The van der Waals surface area contributed by atoms with E-state index in [0.29, 0.717) is 12.5 Å². The van der Waals surface area contributed by atoms with Gasteiger partial charge in [-0.1, -0.05) is 62.4 Å².